The Labute approximate surface area is 126 Å². The van der Waals surface area contributed by atoms with Gasteiger partial charge in [-0.25, -0.2) is 0 Å². The molecule has 1 aromatic heterocycles. The third-order valence-electron chi connectivity index (χ3n) is 2.83. The second-order valence-electron chi connectivity index (χ2n) is 4.45. The molecule has 9 heteroatoms. The highest BCUT2D eigenvalue weighted by Gasteiger charge is 2.33. The second-order valence-corrected chi connectivity index (χ2v) is 4.45. The van der Waals surface area contributed by atoms with Crippen LogP contribution in [0.15, 0.2) is 36.5 Å². The molecule has 0 aliphatic carbocycles. The third kappa shape index (κ3) is 4.35. The van der Waals surface area contributed by atoms with E-state index in [9.17, 15) is 31.4 Å². The van der Waals surface area contributed by atoms with Crippen molar-refractivity contribution in [3.05, 3.63) is 47.8 Å². The van der Waals surface area contributed by atoms with Gasteiger partial charge in [0.25, 0.3) is 0 Å². The minimum absolute atomic E-state index is 0.00870. The van der Waals surface area contributed by atoms with Gasteiger partial charge in [-0.05, 0) is 23.8 Å². The van der Waals surface area contributed by atoms with Gasteiger partial charge >= 0.3 is 12.5 Å². The smallest absolute Gasteiger partial charge is 0.406 e. The molecule has 2 rings (SSSR count). The first-order valence-electron chi connectivity index (χ1n) is 6.13. The van der Waals surface area contributed by atoms with Crippen LogP contribution in [-0.2, 0) is 12.8 Å². The summed E-state index contributed by atoms with van der Waals surface area (Å²) in [6, 6.07) is 5.13. The molecule has 2 aromatic rings. The molecule has 0 aliphatic heterocycles. The quantitative estimate of drug-likeness (QED) is 0.856. The van der Waals surface area contributed by atoms with E-state index >= 15 is 0 Å². The Bertz CT molecular complexity index is 696. The van der Waals surface area contributed by atoms with E-state index in [1.807, 2.05) is 0 Å². The van der Waals surface area contributed by atoms with Crippen LogP contribution < -0.4 is 4.74 Å². The van der Waals surface area contributed by atoms with Gasteiger partial charge < -0.3 is 9.84 Å². The molecule has 1 aromatic carbocycles. The van der Waals surface area contributed by atoms with Crippen LogP contribution in [0.4, 0.5) is 26.3 Å². The second kappa shape index (κ2) is 6.07. The molecular formula is C14H9F6NO2. The van der Waals surface area contributed by atoms with Crippen LogP contribution in [-0.4, -0.2) is 16.5 Å². The topological polar surface area (TPSA) is 42.4 Å². The first-order chi connectivity index (χ1) is 10.6. The van der Waals surface area contributed by atoms with Crippen LogP contribution in [0.5, 0.6) is 5.75 Å². The number of hydrogen-bond donors (Lipinski definition) is 1. The molecule has 1 N–H and O–H groups in total. The third-order valence-corrected chi connectivity index (χ3v) is 2.83. The molecule has 0 radical (unpaired) electrons. The lowest BCUT2D eigenvalue weighted by atomic mass is 10.0. The van der Waals surface area contributed by atoms with Crippen LogP contribution in [0.25, 0.3) is 11.1 Å². The van der Waals surface area contributed by atoms with Crippen LogP contribution in [0.3, 0.4) is 0 Å². The van der Waals surface area contributed by atoms with Crippen molar-refractivity contribution in [3.8, 4) is 16.9 Å². The Balaban J connectivity index is 2.50. The number of halogens is 6. The predicted molar refractivity (Wildman–Crippen MR) is 67.3 cm³/mol. The van der Waals surface area contributed by atoms with E-state index in [0.29, 0.717) is 12.3 Å². The van der Waals surface area contributed by atoms with E-state index in [2.05, 4.69) is 9.72 Å². The lowest BCUT2D eigenvalue weighted by Gasteiger charge is -2.13. The summed E-state index contributed by atoms with van der Waals surface area (Å²) in [4.78, 5) is 3.51. The summed E-state index contributed by atoms with van der Waals surface area (Å²) >= 11 is 0. The fraction of sp³-hybridized carbons (Fsp3) is 0.214. The number of aliphatic hydroxyl groups is 1. The molecule has 0 saturated carbocycles. The van der Waals surface area contributed by atoms with Crippen LogP contribution in [0.1, 0.15) is 11.3 Å². The van der Waals surface area contributed by atoms with E-state index in [0.717, 1.165) is 12.1 Å². The highest BCUT2D eigenvalue weighted by molar-refractivity contribution is 5.68. The van der Waals surface area contributed by atoms with Gasteiger partial charge in [0.2, 0.25) is 0 Å². The fourth-order valence-corrected chi connectivity index (χ4v) is 1.88. The Morgan fingerprint density at radius 3 is 2.30 bits per heavy atom. The summed E-state index contributed by atoms with van der Waals surface area (Å²) in [5.41, 5.74) is -1.29. The standard InChI is InChI=1S/C14H9F6NO2/c15-13(16,17)9-5-11(12(7-22)21-6-9)8-2-1-3-10(4-8)23-14(18,19)20/h1-6,22H,7H2. The highest BCUT2D eigenvalue weighted by atomic mass is 19.4. The van der Waals surface area contributed by atoms with Gasteiger partial charge in [0.1, 0.15) is 5.75 Å². The number of rotatable bonds is 3. The maximum atomic E-state index is 12.7. The number of hydrogen-bond acceptors (Lipinski definition) is 3. The summed E-state index contributed by atoms with van der Waals surface area (Å²) in [5, 5.41) is 9.17. The van der Waals surface area contributed by atoms with Crippen molar-refractivity contribution < 1.29 is 36.2 Å². The van der Waals surface area contributed by atoms with Gasteiger partial charge in [0.05, 0.1) is 17.9 Å². The van der Waals surface area contributed by atoms with E-state index in [-0.39, 0.29) is 16.8 Å². The highest BCUT2D eigenvalue weighted by Crippen LogP contribution is 2.34. The first-order valence-corrected chi connectivity index (χ1v) is 6.13. The molecule has 0 bridgehead atoms. The average Bonchev–Trinajstić information content (AvgIpc) is 2.44. The molecule has 3 nitrogen and oxygen atoms in total. The number of benzene rings is 1. The van der Waals surface area contributed by atoms with Crippen molar-refractivity contribution in [2.45, 2.75) is 19.1 Å². The first kappa shape index (κ1) is 17.1. The minimum atomic E-state index is -4.93. The summed E-state index contributed by atoms with van der Waals surface area (Å²) < 4.78 is 78.6. The zero-order valence-corrected chi connectivity index (χ0v) is 11.2. The summed E-state index contributed by atoms with van der Waals surface area (Å²) in [6.45, 7) is -0.669. The van der Waals surface area contributed by atoms with Gasteiger partial charge in [-0.15, -0.1) is 13.2 Å². The summed E-state index contributed by atoms with van der Waals surface area (Å²) in [5.74, 6) is -0.587. The molecular weight excluding hydrogens is 328 g/mol. The lowest BCUT2D eigenvalue weighted by molar-refractivity contribution is -0.274. The van der Waals surface area contributed by atoms with Crippen molar-refractivity contribution in [1.29, 1.82) is 0 Å². The number of aromatic nitrogens is 1. The summed E-state index contributed by atoms with van der Waals surface area (Å²) in [6.07, 6.45) is -9.05. The maximum Gasteiger partial charge on any atom is 0.573 e. The SMILES string of the molecule is OCc1ncc(C(F)(F)F)cc1-c1cccc(OC(F)(F)F)c1. The molecule has 0 aliphatic rings. The van der Waals surface area contributed by atoms with E-state index < -0.39 is 30.5 Å². The number of aliphatic hydroxyl groups excluding tert-OH is 1. The van der Waals surface area contributed by atoms with E-state index in [1.54, 1.807) is 0 Å². The Hall–Kier alpha value is -2.29. The number of nitrogens with zero attached hydrogens (tertiary/aromatic N) is 1. The molecule has 23 heavy (non-hydrogen) atoms. The Kier molecular flexibility index (Phi) is 4.51. The molecule has 0 saturated heterocycles. The number of pyridine rings is 1. The largest absolute Gasteiger partial charge is 0.573 e. The molecule has 0 amide bonds. The van der Waals surface area contributed by atoms with E-state index in [1.165, 1.54) is 12.1 Å². The zero-order chi connectivity index (χ0) is 17.3. The van der Waals surface area contributed by atoms with Crippen molar-refractivity contribution in [2.75, 3.05) is 0 Å². The number of ether oxygens (including phenoxy) is 1. The van der Waals surface area contributed by atoms with Gasteiger partial charge in [0.15, 0.2) is 0 Å². The number of alkyl halides is 6. The molecule has 0 spiro atoms. The molecule has 0 unspecified atom stereocenters. The maximum absolute atomic E-state index is 12.7. The van der Waals surface area contributed by atoms with Crippen molar-refractivity contribution in [3.63, 3.8) is 0 Å². The fourth-order valence-electron chi connectivity index (χ4n) is 1.88. The van der Waals surface area contributed by atoms with Gasteiger partial charge in [-0.2, -0.15) is 13.2 Å². The minimum Gasteiger partial charge on any atom is -0.406 e. The van der Waals surface area contributed by atoms with Crippen molar-refractivity contribution in [2.24, 2.45) is 0 Å². The molecule has 124 valence electrons. The van der Waals surface area contributed by atoms with Crippen LogP contribution in [0, 0.1) is 0 Å². The van der Waals surface area contributed by atoms with Crippen molar-refractivity contribution >= 4 is 0 Å². The molecule has 1 heterocycles. The van der Waals surface area contributed by atoms with Crippen LogP contribution in [0.2, 0.25) is 0 Å². The summed E-state index contributed by atoms with van der Waals surface area (Å²) in [7, 11) is 0. The van der Waals surface area contributed by atoms with Gasteiger partial charge in [0, 0.05) is 11.8 Å². The van der Waals surface area contributed by atoms with E-state index in [4.69, 9.17) is 0 Å². The Morgan fingerprint density at radius 1 is 1.04 bits per heavy atom. The van der Waals surface area contributed by atoms with Crippen molar-refractivity contribution in [1.82, 2.24) is 4.98 Å². The Morgan fingerprint density at radius 2 is 1.74 bits per heavy atom. The molecule has 0 atom stereocenters. The molecule has 0 fully saturated rings. The lowest BCUT2D eigenvalue weighted by Crippen LogP contribution is -2.17. The normalized spacial score (nSPS) is 12.3. The monoisotopic (exact) mass is 337 g/mol. The van der Waals surface area contributed by atoms with Gasteiger partial charge in [-0.3, -0.25) is 4.98 Å². The van der Waals surface area contributed by atoms with Crippen LogP contribution >= 0.6 is 0 Å². The predicted octanol–water partition coefficient (Wildman–Crippen LogP) is 4.16. The average molecular weight is 337 g/mol. The van der Waals surface area contributed by atoms with Gasteiger partial charge in [-0.1, -0.05) is 12.1 Å². The zero-order valence-electron chi connectivity index (χ0n) is 11.2.